The monoisotopic (exact) mass is 400 g/mol. The van der Waals surface area contributed by atoms with Crippen LogP contribution in [-0.2, 0) is 6.18 Å². The lowest BCUT2D eigenvalue weighted by Crippen LogP contribution is -2.50. The smallest absolute Gasteiger partial charge is 0.416 e. The first kappa shape index (κ1) is 22.3. The van der Waals surface area contributed by atoms with Gasteiger partial charge in [-0.3, -0.25) is 0 Å². The molecule has 8 heteroatoms. The molecule has 1 aliphatic heterocycles. The number of benzene rings is 1. The van der Waals surface area contributed by atoms with E-state index in [9.17, 15) is 13.2 Å². The fraction of sp³-hybridized carbons (Fsp3) is 0.650. The Morgan fingerprint density at radius 3 is 2.61 bits per heavy atom. The maximum atomic E-state index is 12.7. The molecule has 0 bridgehead atoms. The topological polar surface area (TPSA) is 48.9 Å². The molecule has 0 atom stereocenters. The Labute approximate surface area is 165 Å². The van der Waals surface area contributed by atoms with Gasteiger partial charge in [-0.25, -0.2) is 4.99 Å². The minimum absolute atomic E-state index is 0.198. The molecule has 0 aliphatic carbocycles. The van der Waals surface area contributed by atoms with Crippen LogP contribution >= 0.6 is 0 Å². The Hall–Kier alpha value is -1.96. The van der Waals surface area contributed by atoms with Crippen LogP contribution in [0.1, 0.15) is 39.2 Å². The molecule has 0 radical (unpaired) electrons. The molecular formula is C20H31F3N4O. The van der Waals surface area contributed by atoms with E-state index in [1.807, 2.05) is 6.92 Å². The molecule has 1 aromatic carbocycles. The predicted octanol–water partition coefficient (Wildman–Crippen LogP) is 3.51. The molecule has 1 saturated heterocycles. The van der Waals surface area contributed by atoms with Gasteiger partial charge in [0.25, 0.3) is 0 Å². The van der Waals surface area contributed by atoms with Crippen molar-refractivity contribution in [3.05, 3.63) is 29.8 Å². The van der Waals surface area contributed by atoms with Gasteiger partial charge in [0, 0.05) is 31.7 Å². The molecule has 2 N–H and O–H groups in total. The number of alkyl halides is 3. The number of hydrogen-bond donors (Lipinski definition) is 2. The summed E-state index contributed by atoms with van der Waals surface area (Å²) in [5, 5.41) is 6.66. The summed E-state index contributed by atoms with van der Waals surface area (Å²) in [6.45, 7) is 9.86. The average Bonchev–Trinajstić information content (AvgIpc) is 2.65. The number of nitrogens with one attached hydrogen (secondary N) is 2. The number of hydrogen-bond acceptors (Lipinski definition) is 3. The highest BCUT2D eigenvalue weighted by Crippen LogP contribution is 2.31. The molecule has 2 rings (SSSR count). The second kappa shape index (κ2) is 10.5. The third kappa shape index (κ3) is 7.22. The van der Waals surface area contributed by atoms with E-state index in [2.05, 4.69) is 34.4 Å². The highest BCUT2D eigenvalue weighted by atomic mass is 19.4. The first-order valence-electron chi connectivity index (χ1n) is 9.88. The summed E-state index contributed by atoms with van der Waals surface area (Å²) < 4.78 is 43.7. The minimum atomic E-state index is -4.37. The fourth-order valence-electron chi connectivity index (χ4n) is 3.16. The number of aliphatic imine (C=N–C) groups is 1. The van der Waals surface area contributed by atoms with E-state index in [-0.39, 0.29) is 12.4 Å². The average molecular weight is 400 g/mol. The third-order valence-corrected chi connectivity index (χ3v) is 4.74. The van der Waals surface area contributed by atoms with Crippen molar-refractivity contribution in [1.82, 2.24) is 15.5 Å². The van der Waals surface area contributed by atoms with Crippen molar-refractivity contribution >= 4 is 5.96 Å². The number of ether oxygens (including phenoxy) is 1. The first-order valence-corrected chi connectivity index (χ1v) is 9.88. The van der Waals surface area contributed by atoms with E-state index in [1.165, 1.54) is 12.1 Å². The zero-order chi connectivity index (χ0) is 20.6. The van der Waals surface area contributed by atoms with Gasteiger partial charge in [0.15, 0.2) is 5.96 Å². The first-order chi connectivity index (χ1) is 13.3. The number of nitrogens with zero attached hydrogens (tertiary/aromatic N) is 2. The number of likely N-dealkylation sites (tertiary alicyclic amines) is 1. The maximum Gasteiger partial charge on any atom is 0.416 e. The molecule has 0 aromatic heterocycles. The summed E-state index contributed by atoms with van der Waals surface area (Å²) in [6.07, 6.45) is -2.25. The Kier molecular flexibility index (Phi) is 8.41. The highest BCUT2D eigenvalue weighted by molar-refractivity contribution is 5.80. The van der Waals surface area contributed by atoms with E-state index < -0.39 is 11.7 Å². The molecule has 0 amide bonds. The van der Waals surface area contributed by atoms with Crippen molar-refractivity contribution in [2.75, 3.05) is 32.8 Å². The molecule has 0 spiro atoms. The number of rotatable bonds is 7. The van der Waals surface area contributed by atoms with E-state index in [0.717, 1.165) is 50.6 Å². The van der Waals surface area contributed by atoms with Gasteiger partial charge in [0.2, 0.25) is 0 Å². The van der Waals surface area contributed by atoms with Crippen molar-refractivity contribution in [3.63, 3.8) is 0 Å². The Bertz CT molecular complexity index is 626. The lowest BCUT2D eigenvalue weighted by atomic mass is 10.0. The fourth-order valence-corrected chi connectivity index (χ4v) is 3.16. The summed E-state index contributed by atoms with van der Waals surface area (Å²) in [7, 11) is 0. The molecule has 1 aliphatic rings. The Morgan fingerprint density at radius 1 is 1.29 bits per heavy atom. The molecule has 0 unspecified atom stereocenters. The van der Waals surface area contributed by atoms with Gasteiger partial charge >= 0.3 is 6.18 Å². The van der Waals surface area contributed by atoms with Crippen LogP contribution in [0.2, 0.25) is 0 Å². The van der Waals surface area contributed by atoms with Gasteiger partial charge in [-0.2, -0.15) is 13.2 Å². The number of piperidine rings is 1. The van der Waals surface area contributed by atoms with Gasteiger partial charge in [-0.1, -0.05) is 6.07 Å². The van der Waals surface area contributed by atoms with Crippen molar-refractivity contribution in [1.29, 1.82) is 0 Å². The Balaban J connectivity index is 1.81. The largest absolute Gasteiger partial charge is 0.492 e. The van der Waals surface area contributed by atoms with Gasteiger partial charge in [-0.05, 0) is 51.8 Å². The van der Waals surface area contributed by atoms with E-state index >= 15 is 0 Å². The van der Waals surface area contributed by atoms with Crippen LogP contribution in [0.5, 0.6) is 5.75 Å². The SMILES string of the molecule is CCNC(=NCCOc1cccc(C(F)(F)F)c1)NC1CCN(C(C)C)CC1. The molecule has 1 heterocycles. The van der Waals surface area contributed by atoms with Crippen molar-refractivity contribution in [2.45, 2.75) is 51.9 Å². The van der Waals surface area contributed by atoms with Crippen LogP contribution in [-0.4, -0.2) is 55.7 Å². The molecule has 1 fully saturated rings. The quantitative estimate of drug-likeness (QED) is 0.418. The van der Waals surface area contributed by atoms with Crippen LogP contribution in [0, 0.1) is 0 Å². The maximum absolute atomic E-state index is 12.7. The molecular weight excluding hydrogens is 369 g/mol. The lowest BCUT2D eigenvalue weighted by molar-refractivity contribution is -0.137. The van der Waals surface area contributed by atoms with Gasteiger partial charge in [-0.15, -0.1) is 0 Å². The van der Waals surface area contributed by atoms with Gasteiger partial charge < -0.3 is 20.3 Å². The van der Waals surface area contributed by atoms with Crippen molar-refractivity contribution in [2.24, 2.45) is 4.99 Å². The highest BCUT2D eigenvalue weighted by Gasteiger charge is 2.30. The second-order valence-electron chi connectivity index (χ2n) is 7.18. The van der Waals surface area contributed by atoms with E-state index in [4.69, 9.17) is 4.74 Å². The molecule has 5 nitrogen and oxygen atoms in total. The van der Waals surface area contributed by atoms with E-state index in [0.29, 0.717) is 18.6 Å². The Morgan fingerprint density at radius 2 is 2.00 bits per heavy atom. The third-order valence-electron chi connectivity index (χ3n) is 4.74. The summed E-state index contributed by atoms with van der Waals surface area (Å²) >= 11 is 0. The lowest BCUT2D eigenvalue weighted by Gasteiger charge is -2.35. The van der Waals surface area contributed by atoms with Crippen LogP contribution in [0.3, 0.4) is 0 Å². The zero-order valence-corrected chi connectivity index (χ0v) is 16.9. The van der Waals surface area contributed by atoms with Crippen LogP contribution < -0.4 is 15.4 Å². The summed E-state index contributed by atoms with van der Waals surface area (Å²) in [6, 6.07) is 5.84. The predicted molar refractivity (Wildman–Crippen MR) is 106 cm³/mol. The van der Waals surface area contributed by atoms with Crippen molar-refractivity contribution < 1.29 is 17.9 Å². The summed E-state index contributed by atoms with van der Waals surface area (Å²) in [5.41, 5.74) is -0.712. The van der Waals surface area contributed by atoms with Crippen LogP contribution in [0.15, 0.2) is 29.3 Å². The van der Waals surface area contributed by atoms with Crippen LogP contribution in [0.4, 0.5) is 13.2 Å². The molecule has 158 valence electrons. The molecule has 1 aromatic rings. The zero-order valence-electron chi connectivity index (χ0n) is 16.9. The minimum Gasteiger partial charge on any atom is -0.492 e. The second-order valence-corrected chi connectivity index (χ2v) is 7.18. The standard InChI is InChI=1S/C20H31F3N4O/c1-4-24-19(26-17-8-11-27(12-9-17)15(2)3)25-10-13-28-18-7-5-6-16(14-18)20(21,22)23/h5-7,14-15,17H,4,8-13H2,1-3H3,(H2,24,25,26). The van der Waals surface area contributed by atoms with Gasteiger partial charge in [0.05, 0.1) is 12.1 Å². The summed E-state index contributed by atoms with van der Waals surface area (Å²) in [5.74, 6) is 0.919. The van der Waals surface area contributed by atoms with E-state index in [1.54, 1.807) is 0 Å². The number of guanidine groups is 1. The molecule has 0 saturated carbocycles. The van der Waals surface area contributed by atoms with Crippen molar-refractivity contribution in [3.8, 4) is 5.75 Å². The normalized spacial score (nSPS) is 17.0. The van der Waals surface area contributed by atoms with Gasteiger partial charge in [0.1, 0.15) is 12.4 Å². The summed E-state index contributed by atoms with van der Waals surface area (Å²) in [4.78, 5) is 6.94. The van der Waals surface area contributed by atoms with Crippen LogP contribution in [0.25, 0.3) is 0 Å². The molecule has 28 heavy (non-hydrogen) atoms. The number of halogens is 3.